The molecule has 1 saturated heterocycles. The minimum Gasteiger partial charge on any atom is -0.484 e. The highest BCUT2D eigenvalue weighted by Crippen LogP contribution is 2.24. The third-order valence-electron chi connectivity index (χ3n) is 5.67. The molecular formula is C21H32N2O2. The van der Waals surface area contributed by atoms with E-state index in [9.17, 15) is 4.79 Å². The Labute approximate surface area is 151 Å². The fraction of sp³-hybridized carbons (Fsp3) is 0.667. The Morgan fingerprint density at radius 2 is 1.64 bits per heavy atom. The predicted octanol–water partition coefficient (Wildman–Crippen LogP) is 4.60. The van der Waals surface area contributed by atoms with E-state index < -0.39 is 0 Å². The molecule has 2 atom stereocenters. The molecule has 25 heavy (non-hydrogen) atoms. The molecule has 2 aliphatic rings. The summed E-state index contributed by atoms with van der Waals surface area (Å²) in [6.07, 6.45) is 9.95. The van der Waals surface area contributed by atoms with Gasteiger partial charge in [0.05, 0.1) is 0 Å². The molecule has 2 fully saturated rings. The number of carbonyl (C=O) groups excluding carboxylic acids is 1. The van der Waals surface area contributed by atoms with Gasteiger partial charge in [-0.3, -0.25) is 4.79 Å². The fourth-order valence-electron chi connectivity index (χ4n) is 4.26. The van der Waals surface area contributed by atoms with Crippen LogP contribution in [0.2, 0.25) is 0 Å². The van der Waals surface area contributed by atoms with Gasteiger partial charge in [-0.05, 0) is 70.2 Å². The standard InChI is InChI=1S/C21H32N2O2/c1-16-7-6-8-17(2)23(16)21(24)15-25-20-13-11-19(12-14-20)22-18-9-4-3-5-10-18/h11-14,16-18,22H,3-10,15H2,1-2H3/t16-,17-/m0/s1. The second-order valence-electron chi connectivity index (χ2n) is 7.72. The summed E-state index contributed by atoms with van der Waals surface area (Å²) in [5.74, 6) is 0.865. The highest BCUT2D eigenvalue weighted by molar-refractivity contribution is 5.78. The molecule has 1 saturated carbocycles. The summed E-state index contributed by atoms with van der Waals surface area (Å²) in [4.78, 5) is 14.5. The lowest BCUT2D eigenvalue weighted by Gasteiger charge is -2.38. The van der Waals surface area contributed by atoms with Crippen molar-refractivity contribution in [3.05, 3.63) is 24.3 Å². The van der Waals surface area contributed by atoms with Crippen molar-refractivity contribution in [2.45, 2.75) is 83.3 Å². The zero-order valence-electron chi connectivity index (χ0n) is 15.7. The summed E-state index contributed by atoms with van der Waals surface area (Å²) in [5.41, 5.74) is 1.14. The topological polar surface area (TPSA) is 41.6 Å². The summed E-state index contributed by atoms with van der Waals surface area (Å²) in [6, 6.07) is 9.28. The van der Waals surface area contributed by atoms with Crippen molar-refractivity contribution in [3.8, 4) is 5.75 Å². The van der Waals surface area contributed by atoms with E-state index in [1.165, 1.54) is 38.5 Å². The number of amides is 1. The summed E-state index contributed by atoms with van der Waals surface area (Å²) in [7, 11) is 0. The molecule has 1 aromatic carbocycles. The molecule has 1 N–H and O–H groups in total. The summed E-state index contributed by atoms with van der Waals surface area (Å²) in [6.45, 7) is 4.41. The van der Waals surface area contributed by atoms with Crippen LogP contribution in [-0.2, 0) is 4.79 Å². The Hall–Kier alpha value is -1.71. The highest BCUT2D eigenvalue weighted by atomic mass is 16.5. The van der Waals surface area contributed by atoms with E-state index in [2.05, 4.69) is 31.3 Å². The van der Waals surface area contributed by atoms with Crippen LogP contribution in [0.25, 0.3) is 0 Å². The number of rotatable bonds is 5. The quantitative estimate of drug-likeness (QED) is 0.849. The van der Waals surface area contributed by atoms with E-state index in [1.54, 1.807) is 0 Å². The molecule has 1 aromatic rings. The van der Waals surface area contributed by atoms with E-state index in [0.29, 0.717) is 18.1 Å². The molecule has 1 heterocycles. The van der Waals surface area contributed by atoms with Crippen LogP contribution in [0.15, 0.2) is 24.3 Å². The van der Waals surface area contributed by atoms with Crippen molar-refractivity contribution in [2.75, 3.05) is 11.9 Å². The van der Waals surface area contributed by atoms with Crippen LogP contribution in [0.5, 0.6) is 5.75 Å². The molecule has 4 heteroatoms. The number of piperidine rings is 1. The Bertz CT molecular complexity index is 542. The number of hydrogen-bond acceptors (Lipinski definition) is 3. The fourth-order valence-corrected chi connectivity index (χ4v) is 4.26. The number of carbonyl (C=O) groups is 1. The van der Waals surface area contributed by atoms with E-state index in [4.69, 9.17) is 4.74 Å². The second-order valence-corrected chi connectivity index (χ2v) is 7.72. The first-order valence-electron chi connectivity index (χ1n) is 9.94. The Kier molecular flexibility index (Phi) is 6.22. The third kappa shape index (κ3) is 4.90. The van der Waals surface area contributed by atoms with Crippen molar-refractivity contribution >= 4 is 11.6 Å². The molecule has 0 radical (unpaired) electrons. The maximum Gasteiger partial charge on any atom is 0.260 e. The predicted molar refractivity (Wildman–Crippen MR) is 102 cm³/mol. The second kappa shape index (κ2) is 8.59. The first kappa shape index (κ1) is 18.1. The number of hydrogen-bond donors (Lipinski definition) is 1. The van der Waals surface area contributed by atoms with Crippen molar-refractivity contribution in [2.24, 2.45) is 0 Å². The Balaban J connectivity index is 1.48. The molecule has 138 valence electrons. The lowest BCUT2D eigenvalue weighted by Crippen LogP contribution is -2.49. The maximum absolute atomic E-state index is 12.5. The van der Waals surface area contributed by atoms with Gasteiger partial charge in [0.1, 0.15) is 5.75 Å². The van der Waals surface area contributed by atoms with Gasteiger partial charge >= 0.3 is 0 Å². The lowest BCUT2D eigenvalue weighted by molar-refractivity contribution is -0.139. The number of likely N-dealkylation sites (tertiary alicyclic amines) is 1. The van der Waals surface area contributed by atoms with E-state index >= 15 is 0 Å². The van der Waals surface area contributed by atoms with Gasteiger partial charge in [0, 0.05) is 23.8 Å². The number of ether oxygens (including phenoxy) is 1. The summed E-state index contributed by atoms with van der Waals surface area (Å²) >= 11 is 0. The van der Waals surface area contributed by atoms with Crippen LogP contribution in [0, 0.1) is 0 Å². The minimum absolute atomic E-state index is 0.101. The molecular weight excluding hydrogens is 312 g/mol. The molecule has 0 bridgehead atoms. The largest absolute Gasteiger partial charge is 0.484 e. The van der Waals surface area contributed by atoms with Gasteiger partial charge in [-0.1, -0.05) is 19.3 Å². The average Bonchev–Trinajstić information content (AvgIpc) is 2.62. The normalized spacial score (nSPS) is 24.8. The number of nitrogens with zero attached hydrogens (tertiary/aromatic N) is 1. The summed E-state index contributed by atoms with van der Waals surface area (Å²) < 4.78 is 5.74. The SMILES string of the molecule is C[C@H]1CCC[C@H](C)N1C(=O)COc1ccc(NC2CCCCC2)cc1. The van der Waals surface area contributed by atoms with Gasteiger partial charge in [0.25, 0.3) is 5.91 Å². The first-order valence-corrected chi connectivity index (χ1v) is 9.94. The van der Waals surface area contributed by atoms with Crippen LogP contribution < -0.4 is 10.1 Å². The molecule has 3 rings (SSSR count). The van der Waals surface area contributed by atoms with Crippen LogP contribution in [0.3, 0.4) is 0 Å². The molecule has 1 amide bonds. The van der Waals surface area contributed by atoms with Crippen molar-refractivity contribution in [1.82, 2.24) is 4.90 Å². The smallest absolute Gasteiger partial charge is 0.260 e. The average molecular weight is 344 g/mol. The number of benzene rings is 1. The molecule has 4 nitrogen and oxygen atoms in total. The third-order valence-corrected chi connectivity index (χ3v) is 5.67. The van der Waals surface area contributed by atoms with Crippen molar-refractivity contribution in [3.63, 3.8) is 0 Å². The zero-order valence-corrected chi connectivity index (χ0v) is 15.7. The maximum atomic E-state index is 12.5. The monoisotopic (exact) mass is 344 g/mol. The first-order chi connectivity index (χ1) is 12.1. The van der Waals surface area contributed by atoms with Crippen molar-refractivity contribution in [1.29, 1.82) is 0 Å². The Morgan fingerprint density at radius 3 is 2.28 bits per heavy atom. The van der Waals surface area contributed by atoms with Gasteiger partial charge in [-0.25, -0.2) is 0 Å². The molecule has 1 aliphatic carbocycles. The molecule has 0 aromatic heterocycles. The van der Waals surface area contributed by atoms with Gasteiger partial charge < -0.3 is 15.0 Å². The van der Waals surface area contributed by atoms with Crippen molar-refractivity contribution < 1.29 is 9.53 Å². The van der Waals surface area contributed by atoms with E-state index in [0.717, 1.165) is 24.3 Å². The Morgan fingerprint density at radius 1 is 1.00 bits per heavy atom. The number of anilines is 1. The van der Waals surface area contributed by atoms with Crippen LogP contribution in [0.4, 0.5) is 5.69 Å². The number of nitrogens with one attached hydrogen (secondary N) is 1. The lowest BCUT2D eigenvalue weighted by atomic mass is 9.95. The van der Waals surface area contributed by atoms with Crippen LogP contribution >= 0.6 is 0 Å². The van der Waals surface area contributed by atoms with Crippen LogP contribution in [-0.4, -0.2) is 35.5 Å². The zero-order chi connectivity index (χ0) is 17.6. The van der Waals surface area contributed by atoms with Gasteiger partial charge in [0.15, 0.2) is 6.61 Å². The molecule has 0 spiro atoms. The van der Waals surface area contributed by atoms with E-state index in [-0.39, 0.29) is 12.5 Å². The minimum atomic E-state index is 0.101. The van der Waals surface area contributed by atoms with Gasteiger partial charge in [0.2, 0.25) is 0 Å². The van der Waals surface area contributed by atoms with E-state index in [1.807, 2.05) is 17.0 Å². The molecule has 1 aliphatic heterocycles. The van der Waals surface area contributed by atoms with Gasteiger partial charge in [-0.15, -0.1) is 0 Å². The summed E-state index contributed by atoms with van der Waals surface area (Å²) in [5, 5.41) is 3.61. The highest BCUT2D eigenvalue weighted by Gasteiger charge is 2.28. The van der Waals surface area contributed by atoms with Gasteiger partial charge in [-0.2, -0.15) is 0 Å². The molecule has 0 unspecified atom stereocenters. The van der Waals surface area contributed by atoms with Crippen LogP contribution in [0.1, 0.15) is 65.2 Å².